The fourth-order valence-electron chi connectivity index (χ4n) is 2.04. The summed E-state index contributed by atoms with van der Waals surface area (Å²) in [6, 6.07) is 6.36. The van der Waals surface area contributed by atoms with Crippen molar-refractivity contribution in [2.75, 3.05) is 6.61 Å². The van der Waals surface area contributed by atoms with Crippen LogP contribution in [0.15, 0.2) is 35.3 Å². The van der Waals surface area contributed by atoms with Crippen molar-refractivity contribution in [3.8, 4) is 5.75 Å². The minimum absolute atomic E-state index is 0.194. The predicted molar refractivity (Wildman–Crippen MR) is 90.3 cm³/mol. The SMILES string of the molecule is C=CCCCCCOc1c(Br)cccc1CC(N)CC. The number of unbranched alkanes of at least 4 members (excludes halogenated alkanes) is 3. The molecule has 1 aromatic rings. The second-order valence-corrected chi connectivity index (χ2v) is 5.94. The van der Waals surface area contributed by atoms with Gasteiger partial charge in [0.25, 0.3) is 0 Å². The molecule has 0 aliphatic carbocycles. The maximum atomic E-state index is 6.05. The minimum atomic E-state index is 0.194. The van der Waals surface area contributed by atoms with E-state index in [2.05, 4.69) is 35.5 Å². The third-order valence-corrected chi connectivity index (χ3v) is 3.98. The summed E-state index contributed by atoms with van der Waals surface area (Å²) in [6.45, 7) is 6.61. The zero-order valence-electron chi connectivity index (χ0n) is 12.4. The smallest absolute Gasteiger partial charge is 0.136 e. The maximum Gasteiger partial charge on any atom is 0.136 e. The molecule has 0 bridgehead atoms. The molecular formula is C17H26BrNO. The van der Waals surface area contributed by atoms with Gasteiger partial charge in [-0.3, -0.25) is 0 Å². The Morgan fingerprint density at radius 2 is 2.15 bits per heavy atom. The molecule has 0 saturated carbocycles. The number of rotatable bonds is 10. The summed E-state index contributed by atoms with van der Waals surface area (Å²) in [5.41, 5.74) is 7.25. The van der Waals surface area contributed by atoms with E-state index in [9.17, 15) is 0 Å². The van der Waals surface area contributed by atoms with Gasteiger partial charge in [-0.1, -0.05) is 25.1 Å². The zero-order valence-corrected chi connectivity index (χ0v) is 14.0. The van der Waals surface area contributed by atoms with Crippen molar-refractivity contribution >= 4 is 15.9 Å². The highest BCUT2D eigenvalue weighted by Gasteiger charge is 2.10. The first kappa shape index (κ1) is 17.3. The molecule has 1 unspecified atom stereocenters. The molecule has 2 N–H and O–H groups in total. The van der Waals surface area contributed by atoms with Crippen molar-refractivity contribution in [2.45, 2.75) is 51.5 Å². The molecule has 3 heteroatoms. The number of halogens is 1. The van der Waals surface area contributed by atoms with Crippen molar-refractivity contribution in [2.24, 2.45) is 5.73 Å². The molecule has 0 aliphatic heterocycles. The molecule has 0 amide bonds. The molecule has 0 saturated heterocycles. The van der Waals surface area contributed by atoms with E-state index in [0.717, 1.165) is 42.5 Å². The first-order valence-electron chi connectivity index (χ1n) is 7.45. The van der Waals surface area contributed by atoms with E-state index in [0.29, 0.717) is 0 Å². The molecule has 0 aliphatic rings. The van der Waals surface area contributed by atoms with Crippen molar-refractivity contribution in [1.29, 1.82) is 0 Å². The summed E-state index contributed by atoms with van der Waals surface area (Å²) in [7, 11) is 0. The molecule has 0 aromatic heterocycles. The molecule has 0 spiro atoms. The van der Waals surface area contributed by atoms with Gasteiger partial charge in [0.15, 0.2) is 0 Å². The van der Waals surface area contributed by atoms with Crippen LogP contribution < -0.4 is 10.5 Å². The van der Waals surface area contributed by atoms with Gasteiger partial charge in [-0.05, 0) is 66.1 Å². The number of benzene rings is 1. The average molecular weight is 340 g/mol. The minimum Gasteiger partial charge on any atom is -0.492 e. The van der Waals surface area contributed by atoms with Crippen LogP contribution in [0.3, 0.4) is 0 Å². The van der Waals surface area contributed by atoms with Gasteiger partial charge in [0, 0.05) is 6.04 Å². The summed E-state index contributed by atoms with van der Waals surface area (Å²) in [5.74, 6) is 0.958. The number of hydrogen-bond donors (Lipinski definition) is 1. The summed E-state index contributed by atoms with van der Waals surface area (Å²) in [6.07, 6.45) is 8.35. The van der Waals surface area contributed by atoms with Gasteiger partial charge in [-0.25, -0.2) is 0 Å². The number of allylic oxidation sites excluding steroid dienone is 1. The van der Waals surface area contributed by atoms with Crippen LogP contribution in [0.4, 0.5) is 0 Å². The maximum absolute atomic E-state index is 6.05. The number of ether oxygens (including phenoxy) is 1. The summed E-state index contributed by atoms with van der Waals surface area (Å²) in [4.78, 5) is 0. The van der Waals surface area contributed by atoms with Gasteiger partial charge in [0.2, 0.25) is 0 Å². The molecule has 0 fully saturated rings. The first-order chi connectivity index (χ1) is 9.69. The quantitative estimate of drug-likeness (QED) is 0.488. The standard InChI is InChI=1S/C17H26BrNO/c1-3-5-6-7-8-12-20-17-14(13-15(19)4-2)10-9-11-16(17)18/h3,9-11,15H,1,4-8,12-13,19H2,2H3. The van der Waals surface area contributed by atoms with Crippen LogP contribution in [0, 0.1) is 0 Å². The highest BCUT2D eigenvalue weighted by Crippen LogP contribution is 2.30. The second kappa shape index (κ2) is 10.0. The Labute approximate surface area is 131 Å². The summed E-state index contributed by atoms with van der Waals surface area (Å²) >= 11 is 3.57. The monoisotopic (exact) mass is 339 g/mol. The van der Waals surface area contributed by atoms with Gasteiger partial charge < -0.3 is 10.5 Å². The Hall–Kier alpha value is -0.800. The van der Waals surface area contributed by atoms with E-state index in [-0.39, 0.29) is 6.04 Å². The summed E-state index contributed by atoms with van der Waals surface area (Å²) in [5, 5.41) is 0. The lowest BCUT2D eigenvalue weighted by molar-refractivity contribution is 0.300. The summed E-state index contributed by atoms with van der Waals surface area (Å²) < 4.78 is 6.98. The molecule has 1 aromatic carbocycles. The molecule has 2 nitrogen and oxygen atoms in total. The molecule has 1 rings (SSSR count). The van der Waals surface area contributed by atoms with E-state index >= 15 is 0 Å². The van der Waals surface area contributed by atoms with Gasteiger partial charge in [0.1, 0.15) is 5.75 Å². The highest BCUT2D eigenvalue weighted by molar-refractivity contribution is 9.10. The lowest BCUT2D eigenvalue weighted by Gasteiger charge is -2.16. The molecule has 0 heterocycles. The van der Waals surface area contributed by atoms with Crippen LogP contribution >= 0.6 is 15.9 Å². The number of nitrogens with two attached hydrogens (primary N) is 1. The third-order valence-electron chi connectivity index (χ3n) is 3.35. The molecular weight excluding hydrogens is 314 g/mol. The Morgan fingerprint density at radius 3 is 2.85 bits per heavy atom. The van der Waals surface area contributed by atoms with E-state index in [1.807, 2.05) is 18.2 Å². The fourth-order valence-corrected chi connectivity index (χ4v) is 2.57. The Balaban J connectivity index is 2.52. The van der Waals surface area contributed by atoms with Crippen LogP contribution in [-0.4, -0.2) is 12.6 Å². The van der Waals surface area contributed by atoms with E-state index in [4.69, 9.17) is 10.5 Å². The number of para-hydroxylation sites is 1. The highest BCUT2D eigenvalue weighted by atomic mass is 79.9. The Kier molecular flexibility index (Phi) is 8.63. The lowest BCUT2D eigenvalue weighted by Crippen LogP contribution is -2.21. The second-order valence-electron chi connectivity index (χ2n) is 5.09. The van der Waals surface area contributed by atoms with E-state index in [1.54, 1.807) is 0 Å². The fraction of sp³-hybridized carbons (Fsp3) is 0.529. The van der Waals surface area contributed by atoms with Crippen LogP contribution in [0.1, 0.15) is 44.6 Å². The molecule has 1 atom stereocenters. The average Bonchev–Trinajstić information content (AvgIpc) is 2.45. The normalized spacial score (nSPS) is 12.2. The van der Waals surface area contributed by atoms with Gasteiger partial charge in [-0.2, -0.15) is 0 Å². The van der Waals surface area contributed by atoms with Crippen molar-refractivity contribution < 1.29 is 4.74 Å². The molecule has 20 heavy (non-hydrogen) atoms. The third kappa shape index (κ3) is 6.10. The van der Waals surface area contributed by atoms with E-state index in [1.165, 1.54) is 18.4 Å². The molecule has 112 valence electrons. The zero-order chi connectivity index (χ0) is 14.8. The van der Waals surface area contributed by atoms with Crippen LogP contribution in [0.2, 0.25) is 0 Å². The Bertz CT molecular complexity index is 406. The van der Waals surface area contributed by atoms with Crippen molar-refractivity contribution in [3.05, 3.63) is 40.9 Å². The predicted octanol–water partition coefficient (Wildman–Crippen LogP) is 4.85. The van der Waals surface area contributed by atoms with Crippen LogP contribution in [-0.2, 0) is 6.42 Å². The first-order valence-corrected chi connectivity index (χ1v) is 8.25. The van der Waals surface area contributed by atoms with Gasteiger partial charge in [-0.15, -0.1) is 6.58 Å². The molecule has 0 radical (unpaired) electrons. The topological polar surface area (TPSA) is 35.2 Å². The van der Waals surface area contributed by atoms with E-state index < -0.39 is 0 Å². The van der Waals surface area contributed by atoms with Crippen molar-refractivity contribution in [3.63, 3.8) is 0 Å². The van der Waals surface area contributed by atoms with Gasteiger partial charge in [0.05, 0.1) is 11.1 Å². The largest absolute Gasteiger partial charge is 0.492 e. The van der Waals surface area contributed by atoms with Crippen LogP contribution in [0.5, 0.6) is 5.75 Å². The van der Waals surface area contributed by atoms with Crippen molar-refractivity contribution in [1.82, 2.24) is 0 Å². The lowest BCUT2D eigenvalue weighted by atomic mass is 10.0. The van der Waals surface area contributed by atoms with Gasteiger partial charge >= 0.3 is 0 Å². The van der Waals surface area contributed by atoms with Crippen LogP contribution in [0.25, 0.3) is 0 Å². The Morgan fingerprint density at radius 1 is 1.35 bits per heavy atom. The number of hydrogen-bond acceptors (Lipinski definition) is 2.